The normalized spacial score (nSPS) is 24.8. The molecule has 0 N–H and O–H groups in total. The maximum absolute atomic E-state index is 13.7. The van der Waals surface area contributed by atoms with Gasteiger partial charge in [0, 0.05) is 16.0 Å². The number of thiophene rings is 1. The van der Waals surface area contributed by atoms with Crippen LogP contribution in [0.15, 0.2) is 47.9 Å². The first-order valence-electron chi connectivity index (χ1n) is 9.31. The summed E-state index contributed by atoms with van der Waals surface area (Å²) < 4.78 is 0. The van der Waals surface area contributed by atoms with E-state index < -0.39 is 28.8 Å². The van der Waals surface area contributed by atoms with Crippen LogP contribution in [0.3, 0.4) is 0 Å². The molecule has 0 saturated carbocycles. The van der Waals surface area contributed by atoms with Crippen LogP contribution in [0, 0.1) is 33.5 Å². The van der Waals surface area contributed by atoms with E-state index in [4.69, 9.17) is 0 Å². The Kier molecular flexibility index (Phi) is 4.17. The fourth-order valence-electron chi connectivity index (χ4n) is 4.45. The van der Waals surface area contributed by atoms with E-state index in [9.17, 15) is 15.3 Å². The molecule has 0 radical (unpaired) electrons. The second kappa shape index (κ2) is 6.33. The van der Waals surface area contributed by atoms with Crippen molar-refractivity contribution in [3.05, 3.63) is 58.3 Å². The number of hydrogen-bond donors (Lipinski definition) is 0. The molecular weight excluding hydrogens is 366 g/mol. The topological polar surface area (TPSA) is 67.9 Å². The first kappa shape index (κ1) is 18.5. The number of carbonyl (C=O) groups excluding carboxylic acids is 1. The van der Waals surface area contributed by atoms with Crippen LogP contribution in [-0.4, -0.2) is 17.9 Å². The molecule has 0 bridgehead atoms. The largest absolute Gasteiger partial charge is 0.351 e. The molecule has 4 nitrogen and oxygen atoms in total. The van der Waals surface area contributed by atoms with Gasteiger partial charge in [-0.2, -0.15) is 10.5 Å². The van der Waals surface area contributed by atoms with E-state index >= 15 is 0 Å². The molecule has 3 heterocycles. The number of nitriles is 2. The molecule has 0 aliphatic carbocycles. The zero-order valence-electron chi connectivity index (χ0n) is 16.1. The zero-order valence-corrected chi connectivity index (χ0v) is 16.9. The van der Waals surface area contributed by atoms with Crippen molar-refractivity contribution in [1.29, 1.82) is 10.5 Å². The number of anilines is 1. The first-order chi connectivity index (χ1) is 13.3. The average Bonchev–Trinajstić information content (AvgIpc) is 3.30. The molecule has 1 saturated heterocycles. The van der Waals surface area contributed by atoms with E-state index in [2.05, 4.69) is 12.1 Å². The van der Waals surface area contributed by atoms with Crippen LogP contribution >= 0.6 is 11.3 Å². The van der Waals surface area contributed by atoms with Crippen LogP contribution in [0.2, 0.25) is 0 Å². The van der Waals surface area contributed by atoms with Gasteiger partial charge in [-0.1, -0.05) is 57.2 Å². The minimum atomic E-state index is -1.33. The Morgan fingerprint density at radius 2 is 1.86 bits per heavy atom. The number of benzene rings is 1. The second-order valence-electron chi connectivity index (χ2n) is 8.41. The molecular formula is C23H21N3OS. The Hall–Kier alpha value is -2.89. The van der Waals surface area contributed by atoms with Crippen molar-refractivity contribution >= 4 is 28.9 Å². The van der Waals surface area contributed by atoms with E-state index in [-0.39, 0.29) is 5.78 Å². The summed E-state index contributed by atoms with van der Waals surface area (Å²) in [5.41, 5.74) is -0.0175. The Morgan fingerprint density at radius 3 is 2.46 bits per heavy atom. The summed E-state index contributed by atoms with van der Waals surface area (Å²) in [6.07, 6.45) is 3.89. The average molecular weight is 388 g/mol. The number of carbonyl (C=O) groups is 1. The van der Waals surface area contributed by atoms with E-state index in [1.807, 2.05) is 79.6 Å². The van der Waals surface area contributed by atoms with E-state index in [0.29, 0.717) is 0 Å². The predicted molar refractivity (Wildman–Crippen MR) is 111 cm³/mol. The highest BCUT2D eigenvalue weighted by molar-refractivity contribution is 7.10. The third-order valence-corrected chi connectivity index (χ3v) is 6.73. The van der Waals surface area contributed by atoms with Gasteiger partial charge in [0.25, 0.3) is 0 Å². The Bertz CT molecular complexity index is 1020. The number of hydrogen-bond acceptors (Lipinski definition) is 5. The van der Waals surface area contributed by atoms with Gasteiger partial charge in [0.1, 0.15) is 0 Å². The Morgan fingerprint density at radius 1 is 1.14 bits per heavy atom. The number of Topliss-reactive ketones (excluding diaryl/α,β-unsaturated/α-hetero) is 1. The van der Waals surface area contributed by atoms with Gasteiger partial charge in [-0.15, -0.1) is 11.3 Å². The first-order valence-corrected chi connectivity index (χ1v) is 10.2. The summed E-state index contributed by atoms with van der Waals surface area (Å²) in [5.74, 6) is -0.455. The maximum Gasteiger partial charge on any atom is 0.177 e. The third-order valence-electron chi connectivity index (χ3n) is 5.77. The summed E-state index contributed by atoms with van der Waals surface area (Å²) >= 11 is 1.51. The van der Waals surface area contributed by atoms with Crippen LogP contribution in [0.4, 0.5) is 5.69 Å². The van der Waals surface area contributed by atoms with Crippen molar-refractivity contribution in [3.63, 3.8) is 0 Å². The Labute approximate surface area is 169 Å². The van der Waals surface area contributed by atoms with Crippen LogP contribution in [0.5, 0.6) is 0 Å². The standard InChI is InChI=1S/C23H21N3OS/c1-22(2,3)21(27)20-19(17-9-6-12-28-17)23(13-24,14-25)18-11-10-15-7-4-5-8-16(15)26(18)20/h4-12,18-20H,1-3H3/t18-,19-,20+/m1/s1. The maximum atomic E-state index is 13.7. The van der Waals surface area contributed by atoms with Crippen molar-refractivity contribution in [2.45, 2.75) is 38.8 Å². The molecule has 28 heavy (non-hydrogen) atoms. The van der Waals surface area contributed by atoms with E-state index in [0.717, 1.165) is 16.1 Å². The quantitative estimate of drug-likeness (QED) is 0.745. The zero-order chi connectivity index (χ0) is 20.1. The molecule has 0 spiro atoms. The lowest BCUT2D eigenvalue weighted by atomic mass is 9.70. The second-order valence-corrected chi connectivity index (χ2v) is 9.39. The molecule has 1 fully saturated rings. The number of ketones is 1. The monoisotopic (exact) mass is 387 g/mol. The molecule has 1 aromatic heterocycles. The summed E-state index contributed by atoms with van der Waals surface area (Å²) in [6, 6.07) is 15.3. The molecule has 5 heteroatoms. The van der Waals surface area contributed by atoms with Crippen LogP contribution in [-0.2, 0) is 4.79 Å². The van der Waals surface area contributed by atoms with Gasteiger partial charge >= 0.3 is 0 Å². The van der Waals surface area contributed by atoms with Crippen molar-refractivity contribution < 1.29 is 4.79 Å². The fourth-order valence-corrected chi connectivity index (χ4v) is 5.39. The van der Waals surface area contributed by atoms with E-state index in [1.54, 1.807) is 0 Å². The summed E-state index contributed by atoms with van der Waals surface area (Å²) in [5, 5.41) is 22.4. The molecule has 2 aliphatic rings. The third kappa shape index (κ3) is 2.44. The molecule has 3 atom stereocenters. The minimum Gasteiger partial charge on any atom is -0.351 e. The van der Waals surface area contributed by atoms with Gasteiger partial charge in [0.15, 0.2) is 11.2 Å². The van der Waals surface area contributed by atoms with Gasteiger partial charge in [-0.3, -0.25) is 4.79 Å². The molecule has 2 aliphatic heterocycles. The summed E-state index contributed by atoms with van der Waals surface area (Å²) in [4.78, 5) is 16.6. The molecule has 2 aromatic rings. The highest BCUT2D eigenvalue weighted by Crippen LogP contribution is 2.56. The van der Waals surface area contributed by atoms with Crippen LogP contribution in [0.25, 0.3) is 6.08 Å². The van der Waals surface area contributed by atoms with Gasteiger partial charge < -0.3 is 4.90 Å². The highest BCUT2D eigenvalue weighted by atomic mass is 32.1. The number of rotatable bonds is 2. The lowest BCUT2D eigenvalue weighted by Crippen LogP contribution is -2.47. The molecule has 0 unspecified atom stereocenters. The van der Waals surface area contributed by atoms with Gasteiger partial charge in [-0.25, -0.2) is 0 Å². The minimum absolute atomic E-state index is 0.0494. The van der Waals surface area contributed by atoms with Gasteiger partial charge in [0.2, 0.25) is 0 Å². The highest BCUT2D eigenvalue weighted by Gasteiger charge is 2.64. The van der Waals surface area contributed by atoms with Crippen molar-refractivity contribution in [2.24, 2.45) is 10.8 Å². The van der Waals surface area contributed by atoms with Crippen molar-refractivity contribution in [2.75, 3.05) is 4.90 Å². The fraction of sp³-hybridized carbons (Fsp3) is 0.348. The molecule has 0 amide bonds. The summed E-state index contributed by atoms with van der Waals surface area (Å²) in [6.45, 7) is 5.71. The van der Waals surface area contributed by atoms with Crippen LogP contribution in [0.1, 0.15) is 37.1 Å². The lowest BCUT2D eigenvalue weighted by Gasteiger charge is -2.37. The van der Waals surface area contributed by atoms with Crippen LogP contribution < -0.4 is 4.90 Å². The molecule has 140 valence electrons. The van der Waals surface area contributed by atoms with E-state index in [1.165, 1.54) is 11.3 Å². The van der Waals surface area contributed by atoms with Gasteiger partial charge in [-0.05, 0) is 23.1 Å². The predicted octanol–water partition coefficient (Wildman–Crippen LogP) is 4.76. The number of para-hydroxylation sites is 1. The SMILES string of the molecule is CC(C)(C)C(=O)[C@@H]1[C@@H](c2cccs2)C(C#N)(C#N)[C@H]2C=Cc3ccccc3N12. The smallest absolute Gasteiger partial charge is 0.177 e. The van der Waals surface area contributed by atoms with Crippen molar-refractivity contribution in [3.8, 4) is 12.1 Å². The lowest BCUT2D eigenvalue weighted by molar-refractivity contribution is -0.127. The molecule has 1 aromatic carbocycles. The molecule has 4 rings (SSSR count). The van der Waals surface area contributed by atoms with Gasteiger partial charge in [0.05, 0.1) is 30.1 Å². The Balaban J connectivity index is 2.02. The van der Waals surface area contributed by atoms with Crippen molar-refractivity contribution in [1.82, 2.24) is 0 Å². The number of nitrogens with zero attached hydrogens (tertiary/aromatic N) is 3. The number of fused-ring (bicyclic) bond motifs is 3. The summed E-state index contributed by atoms with van der Waals surface area (Å²) in [7, 11) is 0.